The van der Waals surface area contributed by atoms with Crippen LogP contribution in [-0.2, 0) is 5.41 Å². The number of pyridine rings is 2. The Bertz CT molecular complexity index is 2700. The van der Waals surface area contributed by atoms with Gasteiger partial charge in [0.1, 0.15) is 0 Å². The predicted molar refractivity (Wildman–Crippen MR) is 190 cm³/mol. The second-order valence-electron chi connectivity index (χ2n) is 13.0. The molecule has 0 amide bonds. The van der Waals surface area contributed by atoms with Crippen molar-refractivity contribution in [2.24, 2.45) is 0 Å². The monoisotopic (exact) mass is 572 g/mol. The maximum absolute atomic E-state index is 5.30. The van der Waals surface area contributed by atoms with E-state index in [1.807, 2.05) is 12.3 Å². The summed E-state index contributed by atoms with van der Waals surface area (Å²) in [7, 11) is 0. The molecule has 0 N–H and O–H groups in total. The molecule has 0 atom stereocenters. The maximum Gasteiger partial charge on any atom is 0.0978 e. The van der Waals surface area contributed by atoms with Crippen LogP contribution >= 0.6 is 0 Å². The molecular weight excluding hydrogens is 544 g/mol. The molecule has 9 aromatic rings. The minimum absolute atomic E-state index is 0.111. The van der Waals surface area contributed by atoms with E-state index >= 15 is 0 Å². The summed E-state index contributed by atoms with van der Waals surface area (Å²) in [4.78, 5) is 10.1. The number of aromatic nitrogens is 2. The molecule has 2 aromatic heterocycles. The van der Waals surface area contributed by atoms with Gasteiger partial charge in [-0.3, -0.25) is 4.98 Å². The second-order valence-corrected chi connectivity index (χ2v) is 13.0. The summed E-state index contributed by atoms with van der Waals surface area (Å²) in [5, 5.41) is 12.6. The van der Waals surface area contributed by atoms with Gasteiger partial charge in [-0.1, -0.05) is 105 Å². The summed E-state index contributed by atoms with van der Waals surface area (Å²) >= 11 is 0. The Hall–Kier alpha value is -5.60. The topological polar surface area (TPSA) is 25.8 Å². The van der Waals surface area contributed by atoms with Crippen molar-refractivity contribution in [1.82, 2.24) is 9.97 Å². The van der Waals surface area contributed by atoms with Crippen LogP contribution in [0.25, 0.3) is 87.3 Å². The molecule has 10 rings (SSSR count). The fourth-order valence-corrected chi connectivity index (χ4v) is 8.09. The maximum atomic E-state index is 5.30. The standard InChI is InChI=1S/C43H28N2/c1-43(2)38-19-17-25(40-20-18-33-29-13-6-5-12-28(29)32-16-9-21-44-41(32)42(33)45-40)22-36(38)37-23-34-30-14-7-3-10-26(30)27-11-4-8-15-31(27)35(34)24-39(37)43/h3-24H,1-2H3. The van der Waals surface area contributed by atoms with Crippen LogP contribution in [0.5, 0.6) is 0 Å². The highest BCUT2D eigenvalue weighted by Gasteiger charge is 2.36. The summed E-state index contributed by atoms with van der Waals surface area (Å²) in [6.45, 7) is 4.73. The first kappa shape index (κ1) is 24.8. The SMILES string of the molecule is CC1(C)c2ccc(-c3ccc4c5ccccc5c5cccnc5c4n3)cc2-c2cc3c4ccccc4c4ccccc4c3cc21. The van der Waals surface area contributed by atoms with Crippen molar-refractivity contribution in [2.45, 2.75) is 19.3 Å². The van der Waals surface area contributed by atoms with E-state index in [1.165, 1.54) is 65.3 Å². The van der Waals surface area contributed by atoms with Gasteiger partial charge in [-0.2, -0.15) is 0 Å². The summed E-state index contributed by atoms with van der Waals surface area (Å²) in [6, 6.07) is 46.7. The van der Waals surface area contributed by atoms with Crippen molar-refractivity contribution in [3.8, 4) is 22.4 Å². The molecule has 2 nitrogen and oxygen atoms in total. The number of nitrogens with zero attached hydrogens (tertiary/aromatic N) is 2. The fraction of sp³-hybridized carbons (Fsp3) is 0.0698. The number of benzene rings is 7. The molecule has 0 radical (unpaired) electrons. The lowest BCUT2D eigenvalue weighted by Gasteiger charge is -2.22. The Balaban J connectivity index is 1.23. The normalized spacial score (nSPS) is 13.7. The molecule has 0 spiro atoms. The zero-order chi connectivity index (χ0) is 29.9. The third-order valence-electron chi connectivity index (χ3n) is 10.3. The van der Waals surface area contributed by atoms with Gasteiger partial charge in [-0.25, -0.2) is 4.98 Å². The molecule has 2 heterocycles. The first-order valence-electron chi connectivity index (χ1n) is 15.7. The van der Waals surface area contributed by atoms with Crippen LogP contribution in [0.1, 0.15) is 25.0 Å². The molecule has 7 aromatic carbocycles. The first-order valence-corrected chi connectivity index (χ1v) is 15.7. The average molecular weight is 573 g/mol. The number of hydrogen-bond donors (Lipinski definition) is 0. The van der Waals surface area contributed by atoms with Gasteiger partial charge in [0.15, 0.2) is 0 Å². The van der Waals surface area contributed by atoms with Crippen molar-refractivity contribution in [3.05, 3.63) is 145 Å². The van der Waals surface area contributed by atoms with E-state index in [-0.39, 0.29) is 5.41 Å². The molecule has 0 aliphatic heterocycles. The van der Waals surface area contributed by atoms with Crippen molar-refractivity contribution in [3.63, 3.8) is 0 Å². The van der Waals surface area contributed by atoms with E-state index in [1.54, 1.807) is 0 Å². The van der Waals surface area contributed by atoms with Crippen LogP contribution in [0, 0.1) is 0 Å². The highest BCUT2D eigenvalue weighted by molar-refractivity contribution is 6.26. The number of fused-ring (bicyclic) bond motifs is 15. The third kappa shape index (κ3) is 3.29. The quantitative estimate of drug-likeness (QED) is 0.183. The minimum atomic E-state index is -0.111. The number of hydrogen-bond acceptors (Lipinski definition) is 2. The highest BCUT2D eigenvalue weighted by atomic mass is 14.8. The van der Waals surface area contributed by atoms with Crippen molar-refractivity contribution in [1.29, 1.82) is 0 Å². The lowest BCUT2D eigenvalue weighted by atomic mass is 9.81. The third-order valence-corrected chi connectivity index (χ3v) is 10.3. The van der Waals surface area contributed by atoms with Crippen molar-refractivity contribution >= 4 is 64.9 Å². The van der Waals surface area contributed by atoms with E-state index < -0.39 is 0 Å². The number of rotatable bonds is 1. The molecule has 2 heteroatoms. The van der Waals surface area contributed by atoms with Gasteiger partial charge >= 0.3 is 0 Å². The Morgan fingerprint density at radius 3 is 1.62 bits per heavy atom. The van der Waals surface area contributed by atoms with Crippen LogP contribution < -0.4 is 0 Å². The zero-order valence-corrected chi connectivity index (χ0v) is 25.1. The fourth-order valence-electron chi connectivity index (χ4n) is 8.09. The molecule has 0 unspecified atom stereocenters. The van der Waals surface area contributed by atoms with Gasteiger partial charge in [-0.15, -0.1) is 0 Å². The molecule has 210 valence electrons. The summed E-state index contributed by atoms with van der Waals surface area (Å²) in [5.41, 5.74) is 9.26. The molecule has 0 bridgehead atoms. The van der Waals surface area contributed by atoms with E-state index in [0.29, 0.717) is 0 Å². The van der Waals surface area contributed by atoms with Crippen LogP contribution in [-0.4, -0.2) is 9.97 Å². The first-order chi connectivity index (χ1) is 22.1. The van der Waals surface area contributed by atoms with E-state index in [4.69, 9.17) is 9.97 Å². The van der Waals surface area contributed by atoms with Gasteiger partial charge in [0.25, 0.3) is 0 Å². The van der Waals surface area contributed by atoms with Crippen molar-refractivity contribution < 1.29 is 0 Å². The Kier molecular flexibility index (Phi) is 4.82. The van der Waals surface area contributed by atoms with E-state index in [9.17, 15) is 0 Å². The van der Waals surface area contributed by atoms with Crippen LogP contribution in [0.3, 0.4) is 0 Å². The molecular formula is C43H28N2. The van der Waals surface area contributed by atoms with Gasteiger partial charge in [0.05, 0.1) is 16.7 Å². The Morgan fingerprint density at radius 1 is 0.422 bits per heavy atom. The van der Waals surface area contributed by atoms with Gasteiger partial charge in [0.2, 0.25) is 0 Å². The lowest BCUT2D eigenvalue weighted by Crippen LogP contribution is -2.14. The molecule has 1 aliphatic carbocycles. The molecule has 0 saturated heterocycles. The van der Waals surface area contributed by atoms with E-state index in [2.05, 4.69) is 135 Å². The summed E-state index contributed by atoms with van der Waals surface area (Å²) < 4.78 is 0. The summed E-state index contributed by atoms with van der Waals surface area (Å²) in [5.74, 6) is 0. The minimum Gasteiger partial charge on any atom is -0.254 e. The average Bonchev–Trinajstić information content (AvgIpc) is 3.32. The highest BCUT2D eigenvalue weighted by Crippen LogP contribution is 2.52. The molecule has 0 saturated carbocycles. The lowest BCUT2D eigenvalue weighted by molar-refractivity contribution is 0.661. The zero-order valence-electron chi connectivity index (χ0n) is 25.1. The molecule has 45 heavy (non-hydrogen) atoms. The molecule has 1 aliphatic rings. The largest absolute Gasteiger partial charge is 0.254 e. The van der Waals surface area contributed by atoms with Gasteiger partial charge in [0, 0.05) is 27.9 Å². The van der Waals surface area contributed by atoms with Crippen LogP contribution in [0.15, 0.2) is 134 Å². The Morgan fingerprint density at radius 2 is 0.956 bits per heavy atom. The summed E-state index contributed by atoms with van der Waals surface area (Å²) in [6.07, 6.45) is 1.87. The van der Waals surface area contributed by atoms with Gasteiger partial charge < -0.3 is 0 Å². The van der Waals surface area contributed by atoms with Crippen LogP contribution in [0.2, 0.25) is 0 Å². The Labute approximate surface area is 260 Å². The second kappa shape index (κ2) is 8.74. The predicted octanol–water partition coefficient (Wildman–Crippen LogP) is 11.4. The smallest absolute Gasteiger partial charge is 0.0978 e. The van der Waals surface area contributed by atoms with E-state index in [0.717, 1.165) is 33.1 Å². The van der Waals surface area contributed by atoms with Gasteiger partial charge in [-0.05, 0) is 102 Å². The van der Waals surface area contributed by atoms with Crippen molar-refractivity contribution in [2.75, 3.05) is 0 Å². The van der Waals surface area contributed by atoms with Crippen LogP contribution in [0.4, 0.5) is 0 Å². The molecule has 0 fully saturated rings.